The monoisotopic (exact) mass is 265 g/mol. The predicted molar refractivity (Wildman–Crippen MR) is 72.4 cm³/mol. The Kier molecular flexibility index (Phi) is 4.53. The number of aliphatic carboxylic acids is 1. The highest BCUT2D eigenvalue weighted by atomic mass is 16.5. The Bertz CT molecular complexity index is 465. The first-order valence-electron chi connectivity index (χ1n) is 6.05. The number of benzene rings is 1. The number of amides is 1. The second kappa shape index (κ2) is 5.73. The molecule has 0 atom stereocenters. The van der Waals surface area contributed by atoms with Gasteiger partial charge in [-0.15, -0.1) is 0 Å². The summed E-state index contributed by atoms with van der Waals surface area (Å²) < 4.78 is 5.31. The molecule has 1 N–H and O–H groups in total. The van der Waals surface area contributed by atoms with Crippen LogP contribution >= 0.6 is 0 Å². The molecule has 0 unspecified atom stereocenters. The van der Waals surface area contributed by atoms with E-state index in [1.54, 1.807) is 31.3 Å². The van der Waals surface area contributed by atoms with Gasteiger partial charge in [-0.3, -0.25) is 9.59 Å². The predicted octanol–water partition coefficient (Wildman–Crippen LogP) is 2.16. The molecule has 0 aliphatic heterocycles. The van der Waals surface area contributed by atoms with Crippen LogP contribution in [-0.4, -0.2) is 30.6 Å². The Morgan fingerprint density at radius 3 is 2.21 bits per heavy atom. The SMILES string of the molecule is CCOc1ccc(N(C)C(=O)C(C)(C)C(=O)O)cc1. The molecule has 19 heavy (non-hydrogen) atoms. The molecule has 0 spiro atoms. The average Bonchev–Trinajstić information content (AvgIpc) is 2.38. The third kappa shape index (κ3) is 3.24. The fourth-order valence-electron chi connectivity index (χ4n) is 1.56. The summed E-state index contributed by atoms with van der Waals surface area (Å²) in [5.74, 6) is -0.899. The summed E-state index contributed by atoms with van der Waals surface area (Å²) in [4.78, 5) is 24.5. The van der Waals surface area contributed by atoms with E-state index in [4.69, 9.17) is 9.84 Å². The van der Waals surface area contributed by atoms with Crippen molar-refractivity contribution in [3.63, 3.8) is 0 Å². The molecule has 1 aromatic carbocycles. The van der Waals surface area contributed by atoms with Crippen LogP contribution in [0.1, 0.15) is 20.8 Å². The van der Waals surface area contributed by atoms with E-state index in [1.807, 2.05) is 6.92 Å². The van der Waals surface area contributed by atoms with Crippen molar-refractivity contribution in [2.24, 2.45) is 5.41 Å². The van der Waals surface area contributed by atoms with E-state index < -0.39 is 17.3 Å². The maximum absolute atomic E-state index is 12.1. The molecule has 0 fully saturated rings. The molecular formula is C14H19NO4. The van der Waals surface area contributed by atoms with E-state index in [0.29, 0.717) is 18.0 Å². The lowest BCUT2D eigenvalue weighted by Gasteiger charge is -2.26. The zero-order valence-corrected chi connectivity index (χ0v) is 11.6. The number of rotatable bonds is 5. The molecule has 0 bridgehead atoms. The summed E-state index contributed by atoms with van der Waals surface area (Å²) in [7, 11) is 1.56. The van der Waals surface area contributed by atoms with Gasteiger partial charge >= 0.3 is 5.97 Å². The zero-order chi connectivity index (χ0) is 14.6. The Labute approximate surface area is 112 Å². The highest BCUT2D eigenvalue weighted by molar-refractivity contribution is 6.08. The topological polar surface area (TPSA) is 66.8 Å². The van der Waals surface area contributed by atoms with E-state index >= 15 is 0 Å². The Morgan fingerprint density at radius 1 is 1.26 bits per heavy atom. The molecule has 0 saturated carbocycles. The largest absolute Gasteiger partial charge is 0.494 e. The number of carbonyl (C=O) groups is 2. The number of carbonyl (C=O) groups excluding carboxylic acids is 1. The van der Waals surface area contributed by atoms with Crippen LogP contribution in [0.25, 0.3) is 0 Å². The van der Waals surface area contributed by atoms with Crippen LogP contribution in [0.2, 0.25) is 0 Å². The van der Waals surface area contributed by atoms with Crippen LogP contribution in [0.15, 0.2) is 24.3 Å². The minimum atomic E-state index is -1.45. The first-order valence-corrected chi connectivity index (χ1v) is 6.05. The third-order valence-electron chi connectivity index (χ3n) is 2.91. The quantitative estimate of drug-likeness (QED) is 0.828. The second-order valence-corrected chi connectivity index (χ2v) is 4.72. The highest BCUT2D eigenvalue weighted by Crippen LogP contribution is 2.24. The number of hydrogen-bond donors (Lipinski definition) is 1. The van der Waals surface area contributed by atoms with E-state index in [0.717, 1.165) is 0 Å². The summed E-state index contributed by atoms with van der Waals surface area (Å²) in [6.07, 6.45) is 0. The number of anilines is 1. The lowest BCUT2D eigenvalue weighted by Crippen LogP contribution is -2.43. The van der Waals surface area contributed by atoms with Gasteiger partial charge in [0.25, 0.3) is 0 Å². The van der Waals surface area contributed by atoms with Crippen LogP contribution in [0.3, 0.4) is 0 Å². The smallest absolute Gasteiger partial charge is 0.318 e. The fourth-order valence-corrected chi connectivity index (χ4v) is 1.56. The lowest BCUT2D eigenvalue weighted by atomic mass is 9.92. The van der Waals surface area contributed by atoms with Crippen LogP contribution in [0.5, 0.6) is 5.75 Å². The second-order valence-electron chi connectivity index (χ2n) is 4.72. The van der Waals surface area contributed by atoms with Crippen LogP contribution in [0, 0.1) is 5.41 Å². The highest BCUT2D eigenvalue weighted by Gasteiger charge is 2.38. The summed E-state index contributed by atoms with van der Waals surface area (Å²) in [6, 6.07) is 6.94. The Balaban J connectivity index is 2.91. The number of ether oxygens (including phenoxy) is 1. The molecular weight excluding hydrogens is 246 g/mol. The summed E-state index contributed by atoms with van der Waals surface area (Å²) >= 11 is 0. The average molecular weight is 265 g/mol. The van der Waals surface area contributed by atoms with E-state index in [9.17, 15) is 9.59 Å². The molecule has 0 radical (unpaired) electrons. The summed E-state index contributed by atoms with van der Waals surface area (Å²) in [5.41, 5.74) is -0.823. The minimum Gasteiger partial charge on any atom is -0.494 e. The first kappa shape index (κ1) is 15.0. The molecule has 0 aromatic heterocycles. The molecule has 0 heterocycles. The van der Waals surface area contributed by atoms with Gasteiger partial charge in [0.1, 0.15) is 11.2 Å². The van der Waals surface area contributed by atoms with Crippen molar-refractivity contribution in [1.29, 1.82) is 0 Å². The normalized spacial score (nSPS) is 10.9. The third-order valence-corrected chi connectivity index (χ3v) is 2.91. The van der Waals surface area contributed by atoms with Gasteiger partial charge in [-0.1, -0.05) is 0 Å². The van der Waals surface area contributed by atoms with Gasteiger partial charge in [-0.2, -0.15) is 0 Å². The zero-order valence-electron chi connectivity index (χ0n) is 11.6. The standard InChI is InChI=1S/C14H19NO4/c1-5-19-11-8-6-10(7-9-11)15(4)12(16)14(2,3)13(17)18/h6-9H,5H2,1-4H3,(H,17,18). The van der Waals surface area contributed by atoms with Gasteiger partial charge in [-0.25, -0.2) is 0 Å². The van der Waals surface area contributed by atoms with Crippen molar-refractivity contribution in [2.45, 2.75) is 20.8 Å². The maximum atomic E-state index is 12.1. The van der Waals surface area contributed by atoms with Gasteiger partial charge < -0.3 is 14.7 Å². The maximum Gasteiger partial charge on any atom is 0.318 e. The van der Waals surface area contributed by atoms with Crippen molar-refractivity contribution < 1.29 is 19.4 Å². The van der Waals surface area contributed by atoms with Gasteiger partial charge in [0.2, 0.25) is 5.91 Å². The molecule has 104 valence electrons. The molecule has 5 heteroatoms. The summed E-state index contributed by atoms with van der Waals surface area (Å²) in [6.45, 7) is 5.24. The molecule has 1 amide bonds. The van der Waals surface area contributed by atoms with Crippen LogP contribution in [0.4, 0.5) is 5.69 Å². The number of carboxylic acids is 1. The Morgan fingerprint density at radius 2 is 1.79 bits per heavy atom. The van der Waals surface area contributed by atoms with Crippen LogP contribution in [-0.2, 0) is 9.59 Å². The van der Waals surface area contributed by atoms with Crippen molar-refractivity contribution in [3.05, 3.63) is 24.3 Å². The lowest BCUT2D eigenvalue weighted by molar-refractivity contribution is -0.152. The summed E-state index contributed by atoms with van der Waals surface area (Å²) in [5, 5.41) is 9.05. The van der Waals surface area contributed by atoms with Crippen LogP contribution < -0.4 is 9.64 Å². The number of nitrogens with zero attached hydrogens (tertiary/aromatic N) is 1. The van der Waals surface area contributed by atoms with Gasteiger partial charge in [0.05, 0.1) is 6.61 Å². The molecule has 0 aliphatic carbocycles. The van der Waals surface area contributed by atoms with E-state index in [-0.39, 0.29) is 0 Å². The van der Waals surface area contributed by atoms with Gasteiger partial charge in [-0.05, 0) is 45.0 Å². The van der Waals surface area contributed by atoms with Gasteiger partial charge in [0.15, 0.2) is 0 Å². The molecule has 1 rings (SSSR count). The van der Waals surface area contributed by atoms with Crippen molar-refractivity contribution in [3.8, 4) is 5.75 Å². The van der Waals surface area contributed by atoms with Crippen molar-refractivity contribution in [1.82, 2.24) is 0 Å². The van der Waals surface area contributed by atoms with Gasteiger partial charge in [0, 0.05) is 12.7 Å². The van der Waals surface area contributed by atoms with Crippen molar-refractivity contribution >= 4 is 17.6 Å². The Hall–Kier alpha value is -2.04. The first-order chi connectivity index (χ1) is 8.80. The van der Waals surface area contributed by atoms with Crippen molar-refractivity contribution in [2.75, 3.05) is 18.6 Å². The van der Waals surface area contributed by atoms with E-state index in [2.05, 4.69) is 0 Å². The number of hydrogen-bond acceptors (Lipinski definition) is 3. The molecule has 0 aliphatic rings. The molecule has 5 nitrogen and oxygen atoms in total. The molecule has 1 aromatic rings. The molecule has 0 saturated heterocycles. The number of carboxylic acid groups (broad SMARTS) is 1. The fraction of sp³-hybridized carbons (Fsp3) is 0.429. The van der Waals surface area contributed by atoms with E-state index in [1.165, 1.54) is 18.7 Å². The minimum absolute atomic E-state index is 0.468.